The van der Waals surface area contributed by atoms with Gasteiger partial charge in [0.15, 0.2) is 0 Å². The first-order valence-electron chi connectivity index (χ1n) is 20.9. The van der Waals surface area contributed by atoms with Crippen molar-refractivity contribution in [2.75, 3.05) is 33.9 Å². The Morgan fingerprint density at radius 2 is 1.46 bits per heavy atom. The second-order valence-electron chi connectivity index (χ2n) is 16.8. The number of rotatable bonds is 12. The van der Waals surface area contributed by atoms with Crippen LogP contribution in [0.3, 0.4) is 0 Å². The Hall–Kier alpha value is -6.69. The number of alkyl carbamates (subject to hydrolysis) is 2. The van der Waals surface area contributed by atoms with Gasteiger partial charge in [0.2, 0.25) is 11.8 Å². The molecule has 5 aromatic rings. The molecule has 3 aliphatic rings. The number of likely N-dealkylation sites (tertiary alicyclic amines) is 2. The Kier molecular flexibility index (Phi) is 11.5. The normalized spacial score (nSPS) is 20.0. The van der Waals surface area contributed by atoms with Gasteiger partial charge in [-0.25, -0.2) is 19.6 Å². The Labute approximate surface area is 354 Å². The Balaban J connectivity index is 0.937. The summed E-state index contributed by atoms with van der Waals surface area (Å²) in [7, 11) is 2.58. The van der Waals surface area contributed by atoms with Crippen molar-refractivity contribution in [3.05, 3.63) is 84.7 Å². The molecule has 3 fully saturated rings. The molecule has 3 aromatic carbocycles. The molecule has 2 aromatic heterocycles. The number of aromatic nitrogens is 4. The third-order valence-corrected chi connectivity index (χ3v) is 12.5. The first-order chi connectivity index (χ1) is 29.5. The fourth-order valence-corrected chi connectivity index (χ4v) is 8.83. The molecule has 1 saturated carbocycles. The lowest BCUT2D eigenvalue weighted by atomic mass is 9.98. The van der Waals surface area contributed by atoms with E-state index in [1.54, 1.807) is 11.1 Å². The van der Waals surface area contributed by atoms with Gasteiger partial charge in [-0.15, -0.1) is 0 Å². The third-order valence-electron chi connectivity index (χ3n) is 12.5. The molecular formula is C46H51N9O6. The van der Waals surface area contributed by atoms with Gasteiger partial charge in [0.05, 0.1) is 62.1 Å². The topological polar surface area (TPSA) is 198 Å². The molecule has 5 unspecified atom stereocenters. The Morgan fingerprint density at radius 3 is 2.10 bits per heavy atom. The number of methoxy groups -OCH3 is 2. The molecule has 4 amide bonds. The molecule has 15 heteroatoms. The zero-order chi connectivity index (χ0) is 42.8. The molecule has 1 aliphatic carbocycles. The number of fused-ring (bicyclic) bond motifs is 1. The Morgan fingerprint density at radius 1 is 0.852 bits per heavy atom. The van der Waals surface area contributed by atoms with Gasteiger partial charge >= 0.3 is 12.2 Å². The first-order valence-corrected chi connectivity index (χ1v) is 20.9. The van der Waals surface area contributed by atoms with Crippen LogP contribution in [0.2, 0.25) is 0 Å². The minimum atomic E-state index is -0.773. The van der Waals surface area contributed by atoms with Crippen molar-refractivity contribution in [3.63, 3.8) is 0 Å². The van der Waals surface area contributed by atoms with Crippen LogP contribution in [-0.4, -0.2) is 93.6 Å². The summed E-state index contributed by atoms with van der Waals surface area (Å²) in [6.07, 6.45) is 6.72. The number of nitriles is 1. The van der Waals surface area contributed by atoms with Gasteiger partial charge in [-0.05, 0) is 83.0 Å². The lowest BCUT2D eigenvalue weighted by Gasteiger charge is -2.27. The summed E-state index contributed by atoms with van der Waals surface area (Å²) < 4.78 is 9.38. The minimum Gasteiger partial charge on any atom is -0.453 e. The quantitative estimate of drug-likeness (QED) is 0.0999. The molecule has 5 atom stereocenters. The highest BCUT2D eigenvalue weighted by atomic mass is 16.5. The third kappa shape index (κ3) is 8.66. The zero-order valence-corrected chi connectivity index (χ0v) is 34.9. The number of benzene rings is 3. The second kappa shape index (κ2) is 17.1. The summed E-state index contributed by atoms with van der Waals surface area (Å²) in [5.74, 6) is 0.814. The molecule has 2 saturated heterocycles. The summed E-state index contributed by atoms with van der Waals surface area (Å²) in [4.78, 5) is 70.5. The molecule has 61 heavy (non-hydrogen) atoms. The van der Waals surface area contributed by atoms with Crippen LogP contribution >= 0.6 is 0 Å². The van der Waals surface area contributed by atoms with Crippen molar-refractivity contribution >= 4 is 34.8 Å². The van der Waals surface area contributed by atoms with Crippen LogP contribution in [0.5, 0.6) is 0 Å². The van der Waals surface area contributed by atoms with Gasteiger partial charge in [-0.1, -0.05) is 62.4 Å². The fraction of sp³-hybridized carbons (Fsp3) is 0.413. The van der Waals surface area contributed by atoms with E-state index in [0.717, 1.165) is 76.0 Å². The average Bonchev–Trinajstić information content (AvgIpc) is 3.78. The van der Waals surface area contributed by atoms with E-state index in [4.69, 9.17) is 9.72 Å². The lowest BCUT2D eigenvalue weighted by molar-refractivity contribution is -0.135. The van der Waals surface area contributed by atoms with Gasteiger partial charge in [-0.2, -0.15) is 5.26 Å². The average molecular weight is 826 g/mol. The van der Waals surface area contributed by atoms with Crippen molar-refractivity contribution in [2.45, 2.75) is 70.5 Å². The van der Waals surface area contributed by atoms with Gasteiger partial charge < -0.3 is 39.9 Å². The van der Waals surface area contributed by atoms with Gasteiger partial charge in [0, 0.05) is 31.6 Å². The number of ether oxygens (including phenoxy) is 2. The molecule has 1 spiro atoms. The molecular weight excluding hydrogens is 775 g/mol. The fourth-order valence-electron chi connectivity index (χ4n) is 8.83. The molecule has 4 heterocycles. The number of aromatic amines is 2. The first kappa shape index (κ1) is 41.1. The van der Waals surface area contributed by atoms with E-state index in [9.17, 15) is 24.4 Å². The van der Waals surface area contributed by atoms with E-state index in [2.05, 4.69) is 84.9 Å². The molecule has 15 nitrogen and oxygen atoms in total. The number of carbonyl (C=O) groups excluding carboxylic acids is 4. The number of nitrogens with one attached hydrogen (secondary N) is 4. The second-order valence-corrected chi connectivity index (χ2v) is 16.8. The number of hydrogen-bond donors (Lipinski definition) is 4. The van der Waals surface area contributed by atoms with Crippen LogP contribution in [0.25, 0.3) is 44.4 Å². The van der Waals surface area contributed by atoms with E-state index in [1.807, 2.05) is 37.1 Å². The SMILES string of the molecule is CCC(NC(=O)OC)C(=O)N1CC(C#N)CC1c1ncc(-c2ccc(-c3ccc4cc(-c5cnc(C6CC7(CC7)CN6C(=O)CC(C)CNC(=O)OC)[nH]5)ccc4c3)cc2)[nH]1. The van der Waals surface area contributed by atoms with E-state index >= 15 is 0 Å². The number of imidazole rings is 2. The number of hydrogen-bond acceptors (Lipinski definition) is 9. The van der Waals surface area contributed by atoms with Gasteiger partial charge in [0.25, 0.3) is 0 Å². The van der Waals surface area contributed by atoms with Crippen molar-refractivity contribution in [3.8, 4) is 39.7 Å². The maximum atomic E-state index is 13.6. The summed E-state index contributed by atoms with van der Waals surface area (Å²) >= 11 is 0. The van der Waals surface area contributed by atoms with Crippen LogP contribution in [0.1, 0.15) is 76.1 Å². The largest absolute Gasteiger partial charge is 0.453 e. The van der Waals surface area contributed by atoms with E-state index < -0.39 is 24.3 Å². The van der Waals surface area contributed by atoms with Crippen molar-refractivity contribution in [1.29, 1.82) is 5.26 Å². The standard InChI is InChI=1S/C46H51N9O6/c1-5-35(53-45(59)61-4)43(57)54-25-28(21-47)17-38(54)41-48-23-36(51-41)30-8-6-29(7-9-30)31-10-11-33-19-34(13-12-32(33)18-31)37-24-49-42(52-37)39-20-46(14-15-46)26-55(39)40(56)16-27(2)22-50-44(58)60-3/h6-13,18-19,23-24,27-28,35,38-39H,5,14-17,20,22,25-26H2,1-4H3,(H,48,51)(H,49,52)(H,50,58)(H,53,59). The molecule has 0 radical (unpaired) electrons. The number of amides is 4. The van der Waals surface area contributed by atoms with Crippen molar-refractivity contribution in [1.82, 2.24) is 40.4 Å². The highest BCUT2D eigenvalue weighted by Crippen LogP contribution is 2.58. The molecule has 8 rings (SSSR count). The maximum Gasteiger partial charge on any atom is 0.407 e. The van der Waals surface area contributed by atoms with Crippen molar-refractivity contribution in [2.24, 2.45) is 17.3 Å². The predicted octanol–water partition coefficient (Wildman–Crippen LogP) is 7.27. The number of H-pyrrole nitrogens is 2. The maximum absolute atomic E-state index is 13.6. The zero-order valence-electron chi connectivity index (χ0n) is 34.9. The highest BCUT2D eigenvalue weighted by molar-refractivity contribution is 5.91. The molecule has 4 N–H and O–H groups in total. The molecule has 2 aliphatic heterocycles. The predicted molar refractivity (Wildman–Crippen MR) is 227 cm³/mol. The van der Waals surface area contributed by atoms with Crippen LogP contribution in [0, 0.1) is 28.6 Å². The lowest BCUT2D eigenvalue weighted by Crippen LogP contribution is -2.48. The van der Waals surface area contributed by atoms with Crippen LogP contribution in [0.15, 0.2) is 73.1 Å². The summed E-state index contributed by atoms with van der Waals surface area (Å²) in [6.45, 7) is 5.13. The monoisotopic (exact) mass is 825 g/mol. The summed E-state index contributed by atoms with van der Waals surface area (Å²) in [5.41, 5.74) is 5.94. The highest BCUT2D eigenvalue weighted by Gasteiger charge is 2.54. The van der Waals surface area contributed by atoms with E-state index in [1.165, 1.54) is 14.2 Å². The van der Waals surface area contributed by atoms with Gasteiger partial charge in [-0.3, -0.25) is 9.59 Å². The molecule has 316 valence electrons. The summed E-state index contributed by atoms with van der Waals surface area (Å²) in [6, 6.07) is 22.0. The van der Waals surface area contributed by atoms with Crippen molar-refractivity contribution < 1.29 is 28.7 Å². The number of nitrogens with zero attached hydrogens (tertiary/aromatic N) is 5. The molecule has 0 bridgehead atoms. The summed E-state index contributed by atoms with van der Waals surface area (Å²) in [5, 5.41) is 17.2. The van der Waals surface area contributed by atoms with Crippen LogP contribution in [0.4, 0.5) is 9.59 Å². The van der Waals surface area contributed by atoms with E-state index in [-0.39, 0.29) is 41.7 Å². The number of carbonyl (C=O) groups is 4. The van der Waals surface area contributed by atoms with Gasteiger partial charge in [0.1, 0.15) is 17.7 Å². The Bertz CT molecular complexity index is 2480. The van der Waals surface area contributed by atoms with Crippen LogP contribution in [-0.2, 0) is 19.1 Å². The smallest absolute Gasteiger partial charge is 0.407 e. The minimum absolute atomic E-state index is 0.0294. The van der Waals surface area contributed by atoms with Crippen LogP contribution < -0.4 is 10.6 Å². The van der Waals surface area contributed by atoms with E-state index in [0.29, 0.717) is 31.6 Å².